The predicted octanol–water partition coefficient (Wildman–Crippen LogP) is 3.57. The van der Waals surface area contributed by atoms with E-state index in [1.54, 1.807) is 6.42 Å². The Morgan fingerprint density at radius 1 is 0.636 bits per heavy atom. The summed E-state index contributed by atoms with van der Waals surface area (Å²) < 4.78 is 0. The summed E-state index contributed by atoms with van der Waals surface area (Å²) in [5, 5.41) is 0. The molecule has 3 aliphatic rings. The molecule has 0 spiro atoms. The summed E-state index contributed by atoms with van der Waals surface area (Å²) in [6, 6.07) is 0. The third-order valence-electron chi connectivity index (χ3n) is 5.51. The smallest absolute Gasteiger partial charge is 0.333 e. The first-order valence-corrected chi connectivity index (χ1v) is 9.29. The minimum Gasteiger partial charge on any atom is -0.333 e. The van der Waals surface area contributed by atoms with Gasteiger partial charge in [-0.1, -0.05) is 45.4 Å². The molecular weight excluding hydrogens is 465 g/mol. The summed E-state index contributed by atoms with van der Waals surface area (Å²) in [5.41, 5.74) is 0. The predicted molar refractivity (Wildman–Crippen MR) is 89.1 cm³/mol. The summed E-state index contributed by atoms with van der Waals surface area (Å²) in [6.07, 6.45) is 25.9. The van der Waals surface area contributed by atoms with Crippen LogP contribution in [0.2, 0.25) is 0 Å². The van der Waals surface area contributed by atoms with Crippen LogP contribution in [0.5, 0.6) is 0 Å². The maximum atomic E-state index is 2.49. The van der Waals surface area contributed by atoms with Gasteiger partial charge < -0.3 is 19.3 Å². The quantitative estimate of drug-likeness (QED) is 0.510. The molecule has 0 heterocycles. The summed E-state index contributed by atoms with van der Waals surface area (Å²) in [5.74, 6) is 3.19. The van der Waals surface area contributed by atoms with E-state index < -0.39 is 0 Å². The van der Waals surface area contributed by atoms with Crippen molar-refractivity contribution in [2.45, 2.75) is 90.4 Å². The van der Waals surface area contributed by atoms with Crippen LogP contribution in [0.25, 0.3) is 0 Å². The van der Waals surface area contributed by atoms with E-state index >= 15 is 0 Å². The van der Waals surface area contributed by atoms with Crippen LogP contribution >= 0.6 is 0 Å². The van der Waals surface area contributed by atoms with Crippen molar-refractivity contribution < 1.29 is 93.8 Å². The zero-order valence-corrected chi connectivity index (χ0v) is 23.8. The van der Waals surface area contributed by atoms with Crippen LogP contribution in [-0.4, -0.2) is 0 Å². The van der Waals surface area contributed by atoms with E-state index in [2.05, 4.69) is 26.2 Å². The zero-order chi connectivity index (χ0) is 14.0. The fourth-order valence-corrected chi connectivity index (χ4v) is 4.03. The molecule has 3 fully saturated rings. The number of hydrogen-bond donors (Lipinski definition) is 0. The Morgan fingerprint density at radius 2 is 1.05 bits per heavy atom. The maximum Gasteiger partial charge on any atom is 1.00 e. The second-order valence-electron chi connectivity index (χ2n) is 7.40. The van der Waals surface area contributed by atoms with Gasteiger partial charge in [-0.05, 0) is 24.2 Å². The second-order valence-corrected chi connectivity index (χ2v) is 7.40. The normalized spacial score (nSPS) is 29.3. The van der Waals surface area contributed by atoms with Crippen LogP contribution in [0, 0.1) is 72.6 Å². The Labute approximate surface area is 217 Å². The molecule has 0 unspecified atom stereocenters. The van der Waals surface area contributed by atoms with Crippen LogP contribution < -0.4 is 58.2 Å². The molecule has 2 heteroatoms. The largest absolute Gasteiger partial charge is 1.00 e. The first-order chi connectivity index (χ1) is 9.84. The van der Waals surface area contributed by atoms with E-state index in [4.69, 9.17) is 0 Å². The van der Waals surface area contributed by atoms with Crippen molar-refractivity contribution >= 4 is 0 Å². The van der Waals surface area contributed by atoms with E-state index in [-0.39, 0.29) is 93.8 Å². The van der Waals surface area contributed by atoms with Gasteiger partial charge in [-0.25, -0.2) is 25.7 Å². The summed E-state index contributed by atoms with van der Waals surface area (Å²) in [7, 11) is 0. The molecule has 3 saturated carbocycles. The van der Waals surface area contributed by atoms with Gasteiger partial charge in [0, 0.05) is 35.6 Å². The molecule has 3 rings (SSSR count). The van der Waals surface area contributed by atoms with Crippen LogP contribution in [-0.2, 0) is 0 Å². The minimum atomic E-state index is 0. The molecule has 0 bridgehead atoms. The molecule has 0 aliphatic heterocycles. The Bertz CT molecular complexity index is 214. The SMILES string of the molecule is CC1CCC(CC2CC[CH-]CC2)CC1.[CH-]1CC[CH-]CC1.[La].[Rb+]. The Kier molecular flexibility index (Phi) is 18.4. The average Bonchev–Trinajstić information content (AvgIpc) is 2.53. The monoisotopic (exact) mass is 499 g/mol. The maximum absolute atomic E-state index is 2.49. The molecule has 0 aromatic carbocycles. The molecule has 1 radical (unpaired) electrons. The fourth-order valence-electron chi connectivity index (χ4n) is 4.03. The van der Waals surface area contributed by atoms with E-state index in [1.807, 2.05) is 0 Å². The molecule has 3 aliphatic carbocycles. The van der Waals surface area contributed by atoms with Crippen LogP contribution in [0.3, 0.4) is 0 Å². The van der Waals surface area contributed by atoms with E-state index in [0.29, 0.717) is 0 Å². The van der Waals surface area contributed by atoms with E-state index in [1.165, 1.54) is 77.0 Å². The van der Waals surface area contributed by atoms with Crippen molar-refractivity contribution in [1.82, 2.24) is 0 Å². The third-order valence-corrected chi connectivity index (χ3v) is 5.51. The van der Waals surface area contributed by atoms with Gasteiger partial charge >= 0.3 is 58.2 Å². The first-order valence-electron chi connectivity index (χ1n) is 9.29. The fraction of sp³-hybridized carbons (Fsp3) is 0.850. The van der Waals surface area contributed by atoms with Gasteiger partial charge in [0.15, 0.2) is 0 Å². The van der Waals surface area contributed by atoms with Gasteiger partial charge in [0.05, 0.1) is 0 Å². The Morgan fingerprint density at radius 3 is 1.50 bits per heavy atom. The average molecular weight is 500 g/mol. The zero-order valence-electron chi connectivity index (χ0n) is 15.2. The van der Waals surface area contributed by atoms with Gasteiger partial charge in [0.2, 0.25) is 0 Å². The summed E-state index contributed by atoms with van der Waals surface area (Å²) >= 11 is 0. The summed E-state index contributed by atoms with van der Waals surface area (Å²) in [4.78, 5) is 0. The van der Waals surface area contributed by atoms with Crippen molar-refractivity contribution in [3.8, 4) is 0 Å². The molecule has 0 amide bonds. The van der Waals surface area contributed by atoms with Gasteiger partial charge in [0.25, 0.3) is 0 Å². The van der Waals surface area contributed by atoms with Gasteiger partial charge in [-0.3, -0.25) is 0 Å². The first kappa shape index (κ1) is 25.0. The minimum absolute atomic E-state index is 0. The third kappa shape index (κ3) is 11.6. The van der Waals surface area contributed by atoms with Crippen LogP contribution in [0.4, 0.5) is 0 Å². The molecule has 0 N–H and O–H groups in total. The van der Waals surface area contributed by atoms with Crippen molar-refractivity contribution in [2.75, 3.05) is 0 Å². The van der Waals surface area contributed by atoms with E-state index in [9.17, 15) is 0 Å². The Hall–Kier alpha value is 3.00. The van der Waals surface area contributed by atoms with Crippen LogP contribution in [0.15, 0.2) is 0 Å². The second kappa shape index (κ2) is 16.2. The Balaban J connectivity index is 0.000000472. The number of rotatable bonds is 2. The van der Waals surface area contributed by atoms with Crippen molar-refractivity contribution in [1.29, 1.82) is 0 Å². The van der Waals surface area contributed by atoms with Gasteiger partial charge in [-0.15, -0.1) is 0 Å². The molecule has 0 atom stereocenters. The van der Waals surface area contributed by atoms with Gasteiger partial charge in [-0.2, -0.15) is 12.8 Å². The van der Waals surface area contributed by atoms with Crippen LogP contribution in [0.1, 0.15) is 90.4 Å². The molecule has 0 aromatic rings. The van der Waals surface area contributed by atoms with E-state index in [0.717, 1.165) is 17.8 Å². The molecule has 0 saturated heterocycles. The van der Waals surface area contributed by atoms with Gasteiger partial charge in [0.1, 0.15) is 0 Å². The molecule has 22 heavy (non-hydrogen) atoms. The number of hydrogen-bond acceptors (Lipinski definition) is 0. The topological polar surface area (TPSA) is 0 Å². The molecule has 0 aromatic heterocycles. The molecule has 0 nitrogen and oxygen atoms in total. The van der Waals surface area contributed by atoms with Crippen molar-refractivity contribution in [2.24, 2.45) is 17.8 Å². The molecular formula is C20H35LaRb-2. The standard InChI is InChI=1S/C14H25.C6H10.La.Rb/c1-12-7-9-14(10-8-12)11-13-5-3-2-4-6-13;1-2-4-6-5-3-1;;/h2,12-14H,3-11H2,1H3;1,6H,2-5H2;;/q-1;-2;;+1. The molecule has 121 valence electrons. The summed E-state index contributed by atoms with van der Waals surface area (Å²) in [6.45, 7) is 2.42. The van der Waals surface area contributed by atoms with Crippen molar-refractivity contribution in [3.63, 3.8) is 0 Å². The van der Waals surface area contributed by atoms with Crippen molar-refractivity contribution in [3.05, 3.63) is 19.3 Å².